The minimum Gasteiger partial charge on any atom is -0.376 e. The Morgan fingerprint density at radius 2 is 1.95 bits per heavy atom. The van der Waals surface area contributed by atoms with E-state index < -0.39 is 23.3 Å². The number of hydrogen-bond acceptors (Lipinski definition) is 3. The van der Waals surface area contributed by atoms with E-state index in [9.17, 15) is 14.0 Å². The molecule has 0 radical (unpaired) electrons. The first-order valence-electron chi connectivity index (χ1n) is 5.88. The van der Waals surface area contributed by atoms with Gasteiger partial charge in [-0.15, -0.1) is 0 Å². The summed E-state index contributed by atoms with van der Waals surface area (Å²) in [5.41, 5.74) is 0.0618. The van der Waals surface area contributed by atoms with Crippen LogP contribution in [0.2, 0.25) is 0 Å². The van der Waals surface area contributed by atoms with Gasteiger partial charge in [-0.1, -0.05) is 6.07 Å². The predicted octanol–water partition coefficient (Wildman–Crippen LogP) is 1.86. The zero-order valence-corrected chi connectivity index (χ0v) is 11.2. The number of urea groups is 1. The van der Waals surface area contributed by atoms with Crippen LogP contribution >= 0.6 is 0 Å². The molecule has 0 saturated heterocycles. The fourth-order valence-corrected chi connectivity index (χ4v) is 1.32. The van der Waals surface area contributed by atoms with Gasteiger partial charge >= 0.3 is 6.03 Å². The van der Waals surface area contributed by atoms with E-state index in [1.54, 1.807) is 6.07 Å². The van der Waals surface area contributed by atoms with E-state index in [0.29, 0.717) is 5.69 Å². The molecule has 0 unspecified atom stereocenters. The number of rotatable bonds is 3. The summed E-state index contributed by atoms with van der Waals surface area (Å²) in [5, 5.41) is 7.50. The average molecular weight is 267 g/mol. The SMILES string of the molecule is CC(C)(C)NC(=O)NC(=O)CNc1cccc(F)c1. The number of anilines is 1. The van der Waals surface area contributed by atoms with Gasteiger partial charge in [0.05, 0.1) is 6.54 Å². The second-order valence-electron chi connectivity index (χ2n) is 5.12. The second-order valence-corrected chi connectivity index (χ2v) is 5.12. The molecule has 0 heterocycles. The summed E-state index contributed by atoms with van der Waals surface area (Å²) in [6.45, 7) is 5.31. The zero-order chi connectivity index (χ0) is 14.5. The van der Waals surface area contributed by atoms with Gasteiger partial charge < -0.3 is 10.6 Å². The average Bonchev–Trinajstić information content (AvgIpc) is 2.23. The van der Waals surface area contributed by atoms with Crippen LogP contribution in [-0.4, -0.2) is 24.0 Å². The lowest BCUT2D eigenvalue weighted by Gasteiger charge is -2.20. The van der Waals surface area contributed by atoms with Gasteiger partial charge in [0.1, 0.15) is 5.82 Å². The Hall–Kier alpha value is -2.11. The van der Waals surface area contributed by atoms with Crippen LogP contribution in [0.25, 0.3) is 0 Å². The molecule has 0 fully saturated rings. The molecule has 6 heteroatoms. The van der Waals surface area contributed by atoms with Crippen LogP contribution in [0, 0.1) is 5.82 Å². The molecule has 0 saturated carbocycles. The number of hydrogen-bond donors (Lipinski definition) is 3. The Kier molecular flexibility index (Phi) is 4.86. The fourth-order valence-electron chi connectivity index (χ4n) is 1.32. The van der Waals surface area contributed by atoms with Crippen molar-refractivity contribution >= 4 is 17.6 Å². The third-order valence-corrected chi connectivity index (χ3v) is 2.02. The monoisotopic (exact) mass is 267 g/mol. The lowest BCUT2D eigenvalue weighted by Crippen LogP contribution is -2.49. The fraction of sp³-hybridized carbons (Fsp3) is 0.385. The van der Waals surface area contributed by atoms with Crippen LogP contribution in [-0.2, 0) is 4.79 Å². The largest absolute Gasteiger partial charge is 0.376 e. The van der Waals surface area contributed by atoms with Gasteiger partial charge in [0.15, 0.2) is 0 Å². The molecular weight excluding hydrogens is 249 g/mol. The molecule has 0 aliphatic rings. The Morgan fingerprint density at radius 3 is 2.53 bits per heavy atom. The molecule has 1 rings (SSSR count). The van der Waals surface area contributed by atoms with Gasteiger partial charge in [0.2, 0.25) is 5.91 Å². The van der Waals surface area contributed by atoms with Crippen molar-refractivity contribution in [1.82, 2.24) is 10.6 Å². The summed E-state index contributed by atoms with van der Waals surface area (Å²) < 4.78 is 12.9. The van der Waals surface area contributed by atoms with Crippen molar-refractivity contribution in [3.63, 3.8) is 0 Å². The van der Waals surface area contributed by atoms with E-state index >= 15 is 0 Å². The molecule has 1 aromatic rings. The van der Waals surface area contributed by atoms with Gasteiger partial charge in [-0.25, -0.2) is 9.18 Å². The molecule has 0 bridgehead atoms. The summed E-state index contributed by atoms with van der Waals surface area (Å²) in [5.74, 6) is -0.887. The standard InChI is InChI=1S/C13H18FN3O2/c1-13(2,3)17-12(19)16-11(18)8-15-10-6-4-5-9(14)7-10/h4-7,15H,8H2,1-3H3,(H2,16,17,18,19). The van der Waals surface area contributed by atoms with E-state index in [-0.39, 0.29) is 6.54 Å². The number of amides is 3. The number of carbonyl (C=O) groups is 2. The van der Waals surface area contributed by atoms with Crippen molar-refractivity contribution in [3.05, 3.63) is 30.1 Å². The molecular formula is C13H18FN3O2. The van der Waals surface area contributed by atoms with Crippen molar-refractivity contribution in [2.45, 2.75) is 26.3 Å². The van der Waals surface area contributed by atoms with Crippen molar-refractivity contribution < 1.29 is 14.0 Å². The summed E-state index contributed by atoms with van der Waals surface area (Å²) in [7, 11) is 0. The number of nitrogens with one attached hydrogen (secondary N) is 3. The van der Waals surface area contributed by atoms with Gasteiger partial charge in [0, 0.05) is 11.2 Å². The molecule has 1 aromatic carbocycles. The van der Waals surface area contributed by atoms with E-state index in [4.69, 9.17) is 0 Å². The normalized spacial score (nSPS) is 10.7. The minimum absolute atomic E-state index is 0.110. The Morgan fingerprint density at radius 1 is 1.26 bits per heavy atom. The predicted molar refractivity (Wildman–Crippen MR) is 71.3 cm³/mol. The highest BCUT2D eigenvalue weighted by atomic mass is 19.1. The van der Waals surface area contributed by atoms with Crippen LogP contribution in [0.15, 0.2) is 24.3 Å². The quantitative estimate of drug-likeness (QED) is 0.783. The van der Waals surface area contributed by atoms with Crippen LogP contribution in [0.1, 0.15) is 20.8 Å². The summed E-state index contributed by atoms with van der Waals surface area (Å²) in [6.07, 6.45) is 0. The first-order chi connectivity index (χ1) is 8.76. The number of benzene rings is 1. The van der Waals surface area contributed by atoms with E-state index in [0.717, 1.165) is 0 Å². The lowest BCUT2D eigenvalue weighted by atomic mass is 10.1. The zero-order valence-electron chi connectivity index (χ0n) is 11.2. The third-order valence-electron chi connectivity index (χ3n) is 2.02. The number of halogens is 1. The highest BCUT2D eigenvalue weighted by Crippen LogP contribution is 2.08. The maximum Gasteiger partial charge on any atom is 0.321 e. The molecule has 19 heavy (non-hydrogen) atoms. The van der Waals surface area contributed by atoms with Crippen molar-refractivity contribution in [3.8, 4) is 0 Å². The Labute approximate surface area is 111 Å². The summed E-state index contributed by atoms with van der Waals surface area (Å²) in [4.78, 5) is 22.9. The summed E-state index contributed by atoms with van der Waals surface area (Å²) in [6, 6.07) is 5.18. The number of imide groups is 1. The Bertz CT molecular complexity index is 469. The molecule has 5 nitrogen and oxygen atoms in total. The van der Waals surface area contributed by atoms with Crippen LogP contribution in [0.3, 0.4) is 0 Å². The van der Waals surface area contributed by atoms with Crippen LogP contribution < -0.4 is 16.0 Å². The highest BCUT2D eigenvalue weighted by Gasteiger charge is 2.15. The minimum atomic E-state index is -0.557. The van der Waals surface area contributed by atoms with E-state index in [1.165, 1.54) is 18.2 Å². The first-order valence-corrected chi connectivity index (χ1v) is 5.88. The molecule has 104 valence electrons. The third kappa shape index (κ3) is 6.40. The lowest BCUT2D eigenvalue weighted by molar-refractivity contribution is -0.118. The maximum absolute atomic E-state index is 12.9. The molecule has 0 atom stereocenters. The summed E-state index contributed by atoms with van der Waals surface area (Å²) >= 11 is 0. The molecule has 0 aliphatic carbocycles. The highest BCUT2D eigenvalue weighted by molar-refractivity contribution is 5.96. The topological polar surface area (TPSA) is 70.2 Å². The van der Waals surface area contributed by atoms with Crippen molar-refractivity contribution in [1.29, 1.82) is 0 Å². The van der Waals surface area contributed by atoms with Gasteiger partial charge in [-0.05, 0) is 39.0 Å². The van der Waals surface area contributed by atoms with Gasteiger partial charge in [-0.2, -0.15) is 0 Å². The van der Waals surface area contributed by atoms with Crippen LogP contribution in [0.4, 0.5) is 14.9 Å². The molecule has 0 spiro atoms. The van der Waals surface area contributed by atoms with Crippen molar-refractivity contribution in [2.24, 2.45) is 0 Å². The molecule has 3 N–H and O–H groups in total. The first kappa shape index (κ1) is 14.9. The van der Waals surface area contributed by atoms with Crippen molar-refractivity contribution in [2.75, 3.05) is 11.9 Å². The second kappa shape index (κ2) is 6.17. The van der Waals surface area contributed by atoms with Crippen LogP contribution in [0.5, 0.6) is 0 Å². The molecule has 0 aromatic heterocycles. The molecule has 3 amide bonds. The Balaban J connectivity index is 2.38. The van der Waals surface area contributed by atoms with E-state index in [2.05, 4.69) is 16.0 Å². The molecule has 0 aliphatic heterocycles. The van der Waals surface area contributed by atoms with Gasteiger partial charge in [-0.3, -0.25) is 10.1 Å². The maximum atomic E-state index is 12.9. The number of carbonyl (C=O) groups excluding carboxylic acids is 2. The van der Waals surface area contributed by atoms with E-state index in [1.807, 2.05) is 20.8 Å². The smallest absolute Gasteiger partial charge is 0.321 e. The van der Waals surface area contributed by atoms with Gasteiger partial charge in [0.25, 0.3) is 0 Å².